The van der Waals surface area contributed by atoms with Crippen molar-refractivity contribution in [3.63, 3.8) is 0 Å². The molecule has 4 aromatic heterocycles. The van der Waals surface area contributed by atoms with Crippen LogP contribution in [0.5, 0.6) is 0 Å². The molecule has 2 N–H and O–H groups in total. The van der Waals surface area contributed by atoms with Crippen LogP contribution in [-0.4, -0.2) is 30.1 Å². The van der Waals surface area contributed by atoms with Crippen molar-refractivity contribution in [3.05, 3.63) is 83.1 Å². The molecule has 5 aromatic rings. The number of nitrogen functional groups attached to an aromatic ring is 1. The van der Waals surface area contributed by atoms with Crippen molar-refractivity contribution in [1.29, 1.82) is 0 Å². The van der Waals surface area contributed by atoms with E-state index in [2.05, 4.69) is 15.1 Å². The number of carbonyl (C=O) groups is 1. The van der Waals surface area contributed by atoms with E-state index in [1.807, 2.05) is 0 Å². The van der Waals surface area contributed by atoms with E-state index in [0.29, 0.717) is 47.1 Å². The smallest absolute Gasteiger partial charge is 0.383 e. The molecule has 188 valence electrons. The summed E-state index contributed by atoms with van der Waals surface area (Å²) < 4.78 is 47.9. The Labute approximate surface area is 207 Å². The molecule has 37 heavy (non-hydrogen) atoms. The average Bonchev–Trinajstić information content (AvgIpc) is 3.60. The van der Waals surface area contributed by atoms with E-state index in [9.17, 15) is 18.0 Å². The number of nitrogens with two attached hydrogens (primary N) is 1. The summed E-state index contributed by atoms with van der Waals surface area (Å²) in [4.78, 5) is 24.2. The SMILES string of the molecule is Cn1cc(N(Cc2cn3cc(C(F)(F)F)ccc3n2)C(=O)c2ccc3nc(N)c4c(c3c2)COC4)cn1. The Morgan fingerprint density at radius 2 is 1.92 bits per heavy atom. The number of ether oxygens (including phenoxy) is 1. The van der Waals surface area contributed by atoms with Crippen LogP contribution in [0.4, 0.5) is 24.7 Å². The standard InChI is InChI=1S/C25H20F3N7O2/c1-33-11-17(7-30-33)35(10-16-9-34-8-15(25(26,27)28)3-5-22(34)31-16)24(36)14-2-4-21-18(6-14)19-12-37-13-20(19)23(29)32-21/h2-9,11H,10,12-13H2,1H3,(H2,29,32). The Hall–Kier alpha value is -4.45. The lowest BCUT2D eigenvalue weighted by Gasteiger charge is -2.20. The van der Waals surface area contributed by atoms with E-state index in [-0.39, 0.29) is 12.5 Å². The number of hydrogen-bond acceptors (Lipinski definition) is 6. The third-order valence-electron chi connectivity index (χ3n) is 6.37. The molecule has 0 spiro atoms. The number of imidazole rings is 1. The maximum Gasteiger partial charge on any atom is 0.417 e. The Balaban J connectivity index is 1.39. The fourth-order valence-electron chi connectivity index (χ4n) is 4.54. The number of alkyl halides is 3. The lowest BCUT2D eigenvalue weighted by Crippen LogP contribution is -2.30. The van der Waals surface area contributed by atoms with Gasteiger partial charge in [-0.1, -0.05) is 0 Å². The van der Waals surface area contributed by atoms with Gasteiger partial charge in [-0.15, -0.1) is 0 Å². The second kappa shape index (κ2) is 8.30. The summed E-state index contributed by atoms with van der Waals surface area (Å²) in [6, 6.07) is 7.45. The van der Waals surface area contributed by atoms with Gasteiger partial charge in [-0.25, -0.2) is 9.97 Å². The minimum absolute atomic E-state index is 0.0206. The van der Waals surface area contributed by atoms with Crippen molar-refractivity contribution in [3.8, 4) is 0 Å². The maximum absolute atomic E-state index is 13.8. The summed E-state index contributed by atoms with van der Waals surface area (Å²) in [6.07, 6.45) is 1.22. The number of rotatable bonds is 4. The van der Waals surface area contributed by atoms with Crippen molar-refractivity contribution < 1.29 is 22.7 Å². The topological polar surface area (TPSA) is 104 Å². The molecule has 0 radical (unpaired) electrons. The summed E-state index contributed by atoms with van der Waals surface area (Å²) >= 11 is 0. The highest BCUT2D eigenvalue weighted by atomic mass is 19.4. The van der Waals surface area contributed by atoms with Crippen LogP contribution in [0.2, 0.25) is 0 Å². The van der Waals surface area contributed by atoms with Crippen molar-refractivity contribution in [2.45, 2.75) is 25.9 Å². The van der Waals surface area contributed by atoms with Gasteiger partial charge in [-0.05, 0) is 35.9 Å². The van der Waals surface area contributed by atoms with Crippen LogP contribution in [0, 0.1) is 0 Å². The first-order chi connectivity index (χ1) is 17.7. The van der Waals surface area contributed by atoms with Gasteiger partial charge in [0.25, 0.3) is 5.91 Å². The molecule has 0 bridgehead atoms. The Bertz CT molecular complexity index is 1690. The summed E-state index contributed by atoms with van der Waals surface area (Å²) in [5, 5.41) is 4.96. The Morgan fingerprint density at radius 1 is 1.11 bits per heavy atom. The van der Waals surface area contributed by atoms with Crippen LogP contribution in [0.25, 0.3) is 16.6 Å². The molecule has 0 atom stereocenters. The summed E-state index contributed by atoms with van der Waals surface area (Å²) in [6.45, 7) is 0.768. The number of aromatic nitrogens is 5. The van der Waals surface area contributed by atoms with Gasteiger partial charge >= 0.3 is 6.18 Å². The second-order valence-electron chi connectivity index (χ2n) is 8.86. The van der Waals surface area contributed by atoms with E-state index in [1.165, 1.54) is 21.6 Å². The quantitative estimate of drug-likeness (QED) is 0.393. The van der Waals surface area contributed by atoms with Crippen LogP contribution >= 0.6 is 0 Å². The first-order valence-corrected chi connectivity index (χ1v) is 11.3. The molecule has 5 heterocycles. The third-order valence-corrected chi connectivity index (χ3v) is 6.37. The van der Waals surface area contributed by atoms with Gasteiger partial charge in [0.1, 0.15) is 11.5 Å². The van der Waals surface area contributed by atoms with Gasteiger partial charge in [0.15, 0.2) is 0 Å². The lowest BCUT2D eigenvalue weighted by atomic mass is 10.0. The van der Waals surface area contributed by atoms with Crippen molar-refractivity contribution in [2.75, 3.05) is 10.6 Å². The van der Waals surface area contributed by atoms with E-state index in [4.69, 9.17) is 10.5 Å². The number of aryl methyl sites for hydroxylation is 1. The molecule has 0 fully saturated rings. The molecule has 1 aromatic carbocycles. The Kier molecular flexibility index (Phi) is 5.16. The second-order valence-corrected chi connectivity index (χ2v) is 8.86. The van der Waals surface area contributed by atoms with E-state index < -0.39 is 11.7 Å². The van der Waals surface area contributed by atoms with Crippen molar-refractivity contribution in [2.24, 2.45) is 7.05 Å². The predicted molar refractivity (Wildman–Crippen MR) is 129 cm³/mol. The van der Waals surface area contributed by atoms with Crippen LogP contribution in [0.3, 0.4) is 0 Å². The highest BCUT2D eigenvalue weighted by Gasteiger charge is 2.31. The van der Waals surface area contributed by atoms with E-state index in [1.54, 1.807) is 42.3 Å². The van der Waals surface area contributed by atoms with Crippen LogP contribution in [-0.2, 0) is 37.7 Å². The minimum atomic E-state index is -4.48. The number of benzene rings is 1. The van der Waals surface area contributed by atoms with E-state index >= 15 is 0 Å². The summed E-state index contributed by atoms with van der Waals surface area (Å²) in [5.74, 6) is 0.0871. The molecule has 0 saturated carbocycles. The number of hydrogen-bond donors (Lipinski definition) is 1. The van der Waals surface area contributed by atoms with Gasteiger partial charge in [0.2, 0.25) is 0 Å². The number of anilines is 2. The molecule has 0 unspecified atom stereocenters. The molecule has 6 rings (SSSR count). The first-order valence-electron chi connectivity index (χ1n) is 11.3. The Morgan fingerprint density at radius 3 is 2.68 bits per heavy atom. The summed E-state index contributed by atoms with van der Waals surface area (Å²) in [5.41, 5.74) is 9.35. The zero-order chi connectivity index (χ0) is 25.9. The molecule has 1 aliphatic heterocycles. The maximum atomic E-state index is 13.8. The van der Waals surface area contributed by atoms with Gasteiger partial charge in [0.05, 0.1) is 48.4 Å². The average molecular weight is 507 g/mol. The van der Waals surface area contributed by atoms with Gasteiger partial charge in [-0.3, -0.25) is 14.4 Å². The molecular formula is C25H20F3N7O2. The molecule has 12 heteroatoms. The van der Waals surface area contributed by atoms with Gasteiger partial charge in [0, 0.05) is 42.2 Å². The molecule has 0 aliphatic carbocycles. The van der Waals surface area contributed by atoms with E-state index in [0.717, 1.165) is 28.8 Å². The predicted octanol–water partition coefficient (Wildman–Crippen LogP) is 4.09. The van der Waals surface area contributed by atoms with Crippen LogP contribution in [0.1, 0.15) is 32.7 Å². The number of fused-ring (bicyclic) bond motifs is 4. The fourth-order valence-corrected chi connectivity index (χ4v) is 4.54. The highest BCUT2D eigenvalue weighted by Crippen LogP contribution is 2.33. The minimum Gasteiger partial charge on any atom is -0.383 e. The monoisotopic (exact) mass is 507 g/mol. The van der Waals surface area contributed by atoms with Crippen molar-refractivity contribution in [1.82, 2.24) is 24.1 Å². The largest absolute Gasteiger partial charge is 0.417 e. The molecule has 1 aliphatic rings. The number of nitrogens with zero attached hydrogens (tertiary/aromatic N) is 6. The zero-order valence-corrected chi connectivity index (χ0v) is 19.5. The number of carbonyl (C=O) groups excluding carboxylic acids is 1. The zero-order valence-electron chi connectivity index (χ0n) is 19.5. The third kappa shape index (κ3) is 4.04. The molecule has 9 nitrogen and oxygen atoms in total. The number of pyridine rings is 2. The highest BCUT2D eigenvalue weighted by molar-refractivity contribution is 6.08. The normalized spacial score (nSPS) is 13.4. The lowest BCUT2D eigenvalue weighted by molar-refractivity contribution is -0.137. The fraction of sp³-hybridized carbons (Fsp3) is 0.200. The van der Waals surface area contributed by atoms with Gasteiger partial charge in [-0.2, -0.15) is 18.3 Å². The number of amides is 1. The van der Waals surface area contributed by atoms with Crippen molar-refractivity contribution >= 4 is 34.0 Å². The van der Waals surface area contributed by atoms with Gasteiger partial charge < -0.3 is 14.9 Å². The van der Waals surface area contributed by atoms with Crippen LogP contribution in [0.15, 0.2) is 55.1 Å². The molecule has 0 saturated heterocycles. The summed E-state index contributed by atoms with van der Waals surface area (Å²) in [7, 11) is 1.73. The molecular weight excluding hydrogens is 487 g/mol. The van der Waals surface area contributed by atoms with Crippen LogP contribution < -0.4 is 10.6 Å². The number of halogens is 3. The molecule has 1 amide bonds. The first kappa shape index (κ1) is 23.0.